The molecule has 0 amide bonds. The molecule has 0 fully saturated rings. The van der Waals surface area contributed by atoms with E-state index in [1.165, 1.54) is 48.1 Å². The van der Waals surface area contributed by atoms with Gasteiger partial charge in [0, 0.05) is 12.2 Å². The largest absolute Gasteiger partial charge is 0.384 e. The predicted octanol–water partition coefficient (Wildman–Crippen LogP) is 4.08. The lowest BCUT2D eigenvalue weighted by Crippen LogP contribution is -2.23. The molecule has 88 valence electrons. The molecule has 1 atom stereocenters. The first-order chi connectivity index (χ1) is 7.70. The van der Waals surface area contributed by atoms with Crippen LogP contribution in [0.4, 0.5) is 5.69 Å². The number of hydrogen-bond donors (Lipinski definition) is 1. The SMILES string of the molecule is CCCCC1CNc2c(C)cc(C)cc2C1. The summed E-state index contributed by atoms with van der Waals surface area (Å²) >= 11 is 0. The van der Waals surface area contributed by atoms with E-state index in [9.17, 15) is 0 Å². The second kappa shape index (κ2) is 4.90. The Hall–Kier alpha value is -0.980. The second-order valence-electron chi connectivity index (χ2n) is 5.21. The topological polar surface area (TPSA) is 12.0 Å². The zero-order valence-electron chi connectivity index (χ0n) is 10.8. The molecule has 1 aromatic rings. The Morgan fingerprint density at radius 3 is 2.88 bits per heavy atom. The van der Waals surface area contributed by atoms with Crippen LogP contribution in [0.5, 0.6) is 0 Å². The van der Waals surface area contributed by atoms with Crippen molar-refractivity contribution in [3.05, 3.63) is 28.8 Å². The first kappa shape index (κ1) is 11.5. The number of unbranched alkanes of at least 4 members (excludes halogenated alkanes) is 1. The molecule has 0 spiro atoms. The van der Waals surface area contributed by atoms with E-state index in [1.807, 2.05) is 0 Å². The number of benzene rings is 1. The maximum absolute atomic E-state index is 3.62. The van der Waals surface area contributed by atoms with E-state index < -0.39 is 0 Å². The van der Waals surface area contributed by atoms with Crippen LogP contribution in [0.15, 0.2) is 12.1 Å². The average Bonchev–Trinajstić information content (AvgIpc) is 2.25. The van der Waals surface area contributed by atoms with Gasteiger partial charge in [-0.2, -0.15) is 0 Å². The van der Waals surface area contributed by atoms with Gasteiger partial charge < -0.3 is 5.32 Å². The fraction of sp³-hybridized carbons (Fsp3) is 0.600. The molecule has 0 radical (unpaired) electrons. The minimum Gasteiger partial charge on any atom is -0.384 e. The third kappa shape index (κ3) is 2.40. The number of hydrogen-bond acceptors (Lipinski definition) is 1. The summed E-state index contributed by atoms with van der Waals surface area (Å²) in [5.74, 6) is 0.841. The Kier molecular flexibility index (Phi) is 3.52. The first-order valence-electron chi connectivity index (χ1n) is 6.54. The highest BCUT2D eigenvalue weighted by Crippen LogP contribution is 2.30. The van der Waals surface area contributed by atoms with Gasteiger partial charge in [-0.05, 0) is 43.7 Å². The van der Waals surface area contributed by atoms with Crippen LogP contribution >= 0.6 is 0 Å². The molecular weight excluding hydrogens is 194 g/mol. The predicted molar refractivity (Wildman–Crippen MR) is 71.1 cm³/mol. The standard InChI is InChI=1S/C15H23N/c1-4-5-6-13-9-14-8-11(2)7-12(3)15(14)16-10-13/h7-8,13,16H,4-6,9-10H2,1-3H3. The van der Waals surface area contributed by atoms with Crippen molar-refractivity contribution in [1.82, 2.24) is 0 Å². The molecule has 0 saturated carbocycles. The van der Waals surface area contributed by atoms with Crippen molar-refractivity contribution in [1.29, 1.82) is 0 Å². The molecule has 1 unspecified atom stereocenters. The molecule has 1 heteroatoms. The molecular formula is C15H23N. The molecule has 0 bridgehead atoms. The average molecular weight is 217 g/mol. The van der Waals surface area contributed by atoms with Crippen molar-refractivity contribution in [3.63, 3.8) is 0 Å². The van der Waals surface area contributed by atoms with Crippen LogP contribution in [0.2, 0.25) is 0 Å². The van der Waals surface area contributed by atoms with Crippen molar-refractivity contribution >= 4 is 5.69 Å². The Labute approximate surface area is 99.3 Å². The molecule has 1 nitrogen and oxygen atoms in total. The first-order valence-corrected chi connectivity index (χ1v) is 6.54. The number of fused-ring (bicyclic) bond motifs is 1. The molecule has 0 saturated heterocycles. The summed E-state index contributed by atoms with van der Waals surface area (Å²) in [6, 6.07) is 4.63. The molecule has 1 aromatic carbocycles. The van der Waals surface area contributed by atoms with E-state index in [2.05, 4.69) is 38.2 Å². The van der Waals surface area contributed by atoms with Crippen molar-refractivity contribution in [2.45, 2.75) is 46.5 Å². The Morgan fingerprint density at radius 1 is 1.31 bits per heavy atom. The van der Waals surface area contributed by atoms with E-state index in [-0.39, 0.29) is 0 Å². The lowest BCUT2D eigenvalue weighted by molar-refractivity contribution is 0.474. The molecule has 0 aliphatic carbocycles. The zero-order chi connectivity index (χ0) is 11.5. The van der Waals surface area contributed by atoms with Crippen molar-refractivity contribution < 1.29 is 0 Å². The van der Waals surface area contributed by atoms with E-state index in [1.54, 1.807) is 0 Å². The van der Waals surface area contributed by atoms with Crippen LogP contribution in [-0.4, -0.2) is 6.54 Å². The number of aryl methyl sites for hydroxylation is 2. The highest BCUT2D eigenvalue weighted by Gasteiger charge is 2.19. The quantitative estimate of drug-likeness (QED) is 0.804. The van der Waals surface area contributed by atoms with Crippen molar-refractivity contribution in [3.8, 4) is 0 Å². The Morgan fingerprint density at radius 2 is 2.12 bits per heavy atom. The highest BCUT2D eigenvalue weighted by molar-refractivity contribution is 5.60. The van der Waals surface area contributed by atoms with E-state index in [0.29, 0.717) is 0 Å². The summed E-state index contributed by atoms with van der Waals surface area (Å²) in [6.45, 7) is 7.85. The van der Waals surface area contributed by atoms with Gasteiger partial charge in [-0.15, -0.1) is 0 Å². The van der Waals surface area contributed by atoms with E-state index in [0.717, 1.165) is 12.5 Å². The van der Waals surface area contributed by atoms with E-state index in [4.69, 9.17) is 0 Å². The third-order valence-electron chi connectivity index (χ3n) is 3.60. The highest BCUT2D eigenvalue weighted by atomic mass is 14.9. The normalized spacial score (nSPS) is 19.1. The minimum atomic E-state index is 0.841. The molecule has 1 heterocycles. The van der Waals surface area contributed by atoms with Crippen LogP contribution in [0.25, 0.3) is 0 Å². The second-order valence-corrected chi connectivity index (χ2v) is 5.21. The summed E-state index contributed by atoms with van der Waals surface area (Å²) in [7, 11) is 0. The van der Waals surface area contributed by atoms with Crippen LogP contribution < -0.4 is 5.32 Å². The maximum atomic E-state index is 3.62. The number of anilines is 1. The van der Waals surface area contributed by atoms with Gasteiger partial charge >= 0.3 is 0 Å². The number of nitrogens with one attached hydrogen (secondary N) is 1. The maximum Gasteiger partial charge on any atom is 0.0402 e. The van der Waals surface area contributed by atoms with Crippen LogP contribution in [0.3, 0.4) is 0 Å². The third-order valence-corrected chi connectivity index (χ3v) is 3.60. The van der Waals surface area contributed by atoms with Crippen LogP contribution in [0, 0.1) is 19.8 Å². The van der Waals surface area contributed by atoms with Gasteiger partial charge in [0.2, 0.25) is 0 Å². The van der Waals surface area contributed by atoms with Gasteiger partial charge in [0.05, 0.1) is 0 Å². The molecule has 0 aromatic heterocycles. The Bertz CT molecular complexity index is 368. The Balaban J connectivity index is 2.13. The molecule has 1 aliphatic rings. The smallest absolute Gasteiger partial charge is 0.0402 e. The fourth-order valence-corrected chi connectivity index (χ4v) is 2.80. The summed E-state index contributed by atoms with van der Waals surface area (Å²) in [5.41, 5.74) is 5.74. The van der Waals surface area contributed by atoms with Crippen molar-refractivity contribution in [2.24, 2.45) is 5.92 Å². The van der Waals surface area contributed by atoms with Gasteiger partial charge in [0.25, 0.3) is 0 Å². The van der Waals surface area contributed by atoms with Crippen LogP contribution in [0.1, 0.15) is 42.9 Å². The molecule has 1 N–H and O–H groups in total. The summed E-state index contributed by atoms with van der Waals surface area (Å²) in [5, 5.41) is 3.62. The van der Waals surface area contributed by atoms with E-state index >= 15 is 0 Å². The van der Waals surface area contributed by atoms with Crippen molar-refractivity contribution in [2.75, 3.05) is 11.9 Å². The molecule has 2 rings (SSSR count). The molecule has 1 aliphatic heterocycles. The van der Waals surface area contributed by atoms with Crippen LogP contribution in [-0.2, 0) is 6.42 Å². The molecule has 16 heavy (non-hydrogen) atoms. The van der Waals surface area contributed by atoms with Gasteiger partial charge in [-0.25, -0.2) is 0 Å². The van der Waals surface area contributed by atoms with Gasteiger partial charge in [-0.3, -0.25) is 0 Å². The minimum absolute atomic E-state index is 0.841. The van der Waals surface area contributed by atoms with Gasteiger partial charge in [0.1, 0.15) is 0 Å². The monoisotopic (exact) mass is 217 g/mol. The lowest BCUT2D eigenvalue weighted by Gasteiger charge is -2.28. The fourth-order valence-electron chi connectivity index (χ4n) is 2.80. The summed E-state index contributed by atoms with van der Waals surface area (Å²) < 4.78 is 0. The van der Waals surface area contributed by atoms with Gasteiger partial charge in [0.15, 0.2) is 0 Å². The summed E-state index contributed by atoms with van der Waals surface area (Å²) in [4.78, 5) is 0. The lowest BCUT2D eigenvalue weighted by atomic mass is 9.88. The van der Waals surface area contributed by atoms with Gasteiger partial charge in [-0.1, -0.05) is 37.5 Å². The summed E-state index contributed by atoms with van der Waals surface area (Å²) in [6.07, 6.45) is 5.32. The number of rotatable bonds is 3. The zero-order valence-corrected chi connectivity index (χ0v) is 10.8.